The topological polar surface area (TPSA) is 28.2 Å². The molecule has 2 aromatic heterocycles. The SMILES string of the molecule is CCNCc1cnccc1N(C)Cc1csc(Br)c1. The second-order valence-corrected chi connectivity index (χ2v) is 6.69. The van der Waals surface area contributed by atoms with Gasteiger partial charge in [-0.2, -0.15) is 0 Å². The van der Waals surface area contributed by atoms with Gasteiger partial charge in [0.25, 0.3) is 0 Å². The molecule has 0 aliphatic heterocycles. The average molecular weight is 340 g/mol. The van der Waals surface area contributed by atoms with Gasteiger partial charge in [0, 0.05) is 43.8 Å². The lowest BCUT2D eigenvalue weighted by Crippen LogP contribution is -2.20. The minimum atomic E-state index is 0.858. The quantitative estimate of drug-likeness (QED) is 0.870. The van der Waals surface area contributed by atoms with E-state index < -0.39 is 0 Å². The lowest BCUT2D eigenvalue weighted by atomic mass is 10.2. The number of hydrogen-bond donors (Lipinski definition) is 1. The van der Waals surface area contributed by atoms with Gasteiger partial charge in [-0.15, -0.1) is 11.3 Å². The van der Waals surface area contributed by atoms with Crippen molar-refractivity contribution in [3.63, 3.8) is 0 Å². The van der Waals surface area contributed by atoms with E-state index in [2.05, 4.69) is 62.6 Å². The van der Waals surface area contributed by atoms with E-state index in [1.807, 2.05) is 12.4 Å². The summed E-state index contributed by atoms with van der Waals surface area (Å²) >= 11 is 5.23. The minimum Gasteiger partial charge on any atom is -0.370 e. The Kier molecular flexibility index (Phi) is 5.36. The van der Waals surface area contributed by atoms with E-state index >= 15 is 0 Å². The number of rotatable bonds is 6. The van der Waals surface area contributed by atoms with Crippen LogP contribution in [0.4, 0.5) is 5.69 Å². The van der Waals surface area contributed by atoms with E-state index in [1.165, 1.54) is 20.6 Å². The van der Waals surface area contributed by atoms with Gasteiger partial charge in [-0.25, -0.2) is 0 Å². The Labute approximate surface area is 126 Å². The molecule has 0 aliphatic rings. The fraction of sp³-hybridized carbons (Fsp3) is 0.357. The van der Waals surface area contributed by atoms with Crippen molar-refractivity contribution in [1.82, 2.24) is 10.3 Å². The standard InChI is InChI=1S/C14H18BrN3S/c1-3-16-7-12-8-17-5-4-13(12)18(2)9-11-6-14(15)19-10-11/h4-6,8,10,16H,3,7,9H2,1-2H3. The summed E-state index contributed by atoms with van der Waals surface area (Å²) in [7, 11) is 2.12. The lowest BCUT2D eigenvalue weighted by Gasteiger charge is -2.21. The van der Waals surface area contributed by atoms with E-state index in [1.54, 1.807) is 11.3 Å². The van der Waals surface area contributed by atoms with Crippen molar-refractivity contribution in [2.45, 2.75) is 20.0 Å². The maximum absolute atomic E-state index is 4.22. The van der Waals surface area contributed by atoms with Crippen molar-refractivity contribution in [3.05, 3.63) is 44.8 Å². The second kappa shape index (κ2) is 7.03. The highest BCUT2D eigenvalue weighted by molar-refractivity contribution is 9.11. The zero-order valence-corrected chi connectivity index (χ0v) is 13.6. The van der Waals surface area contributed by atoms with Crippen LogP contribution in [0.15, 0.2) is 33.7 Å². The molecule has 0 radical (unpaired) electrons. The number of pyridine rings is 1. The second-order valence-electron chi connectivity index (χ2n) is 4.40. The molecule has 102 valence electrons. The fourth-order valence-corrected chi connectivity index (χ4v) is 3.18. The molecule has 0 fully saturated rings. The van der Waals surface area contributed by atoms with Crippen LogP contribution in [0.3, 0.4) is 0 Å². The highest BCUT2D eigenvalue weighted by Crippen LogP contribution is 2.24. The Morgan fingerprint density at radius 3 is 3.00 bits per heavy atom. The first-order valence-corrected chi connectivity index (χ1v) is 7.95. The summed E-state index contributed by atoms with van der Waals surface area (Å²) in [6, 6.07) is 4.25. The summed E-state index contributed by atoms with van der Waals surface area (Å²) in [5.74, 6) is 0. The Bertz CT molecular complexity index is 527. The van der Waals surface area contributed by atoms with Crippen molar-refractivity contribution in [3.8, 4) is 0 Å². The van der Waals surface area contributed by atoms with Crippen LogP contribution in [-0.4, -0.2) is 18.6 Å². The first-order chi connectivity index (χ1) is 9.20. The van der Waals surface area contributed by atoms with E-state index in [4.69, 9.17) is 0 Å². The number of aromatic nitrogens is 1. The molecule has 0 unspecified atom stereocenters. The van der Waals surface area contributed by atoms with E-state index in [9.17, 15) is 0 Å². The van der Waals surface area contributed by atoms with Crippen LogP contribution < -0.4 is 10.2 Å². The molecular weight excluding hydrogens is 322 g/mol. The fourth-order valence-electron chi connectivity index (χ4n) is 1.98. The molecule has 2 heterocycles. The third-order valence-corrected chi connectivity index (χ3v) is 4.45. The van der Waals surface area contributed by atoms with Crippen LogP contribution >= 0.6 is 27.3 Å². The molecule has 19 heavy (non-hydrogen) atoms. The number of thiophene rings is 1. The molecule has 0 aromatic carbocycles. The van der Waals surface area contributed by atoms with Gasteiger partial charge in [0.1, 0.15) is 0 Å². The highest BCUT2D eigenvalue weighted by atomic mass is 79.9. The molecule has 0 atom stereocenters. The number of halogens is 1. The Balaban J connectivity index is 2.11. The molecule has 0 spiro atoms. The summed E-state index contributed by atoms with van der Waals surface area (Å²) in [6.07, 6.45) is 3.79. The summed E-state index contributed by atoms with van der Waals surface area (Å²) in [5.41, 5.74) is 3.80. The van der Waals surface area contributed by atoms with Crippen molar-refractivity contribution < 1.29 is 0 Å². The van der Waals surface area contributed by atoms with Crippen molar-refractivity contribution in [2.24, 2.45) is 0 Å². The van der Waals surface area contributed by atoms with Gasteiger partial charge in [-0.1, -0.05) is 6.92 Å². The molecule has 5 heteroatoms. The molecule has 3 nitrogen and oxygen atoms in total. The van der Waals surface area contributed by atoms with Crippen molar-refractivity contribution in [2.75, 3.05) is 18.5 Å². The zero-order chi connectivity index (χ0) is 13.7. The van der Waals surface area contributed by atoms with Crippen LogP contribution in [0, 0.1) is 0 Å². The van der Waals surface area contributed by atoms with Crippen LogP contribution in [0.2, 0.25) is 0 Å². The Morgan fingerprint density at radius 2 is 2.32 bits per heavy atom. The Hall–Kier alpha value is -0.910. The maximum Gasteiger partial charge on any atom is 0.0701 e. The van der Waals surface area contributed by atoms with E-state index in [-0.39, 0.29) is 0 Å². The smallest absolute Gasteiger partial charge is 0.0701 e. The van der Waals surface area contributed by atoms with Gasteiger partial charge in [-0.3, -0.25) is 4.98 Å². The molecule has 0 saturated carbocycles. The van der Waals surface area contributed by atoms with Crippen molar-refractivity contribution in [1.29, 1.82) is 0 Å². The van der Waals surface area contributed by atoms with Gasteiger partial charge < -0.3 is 10.2 Å². The zero-order valence-electron chi connectivity index (χ0n) is 11.2. The number of nitrogens with one attached hydrogen (secondary N) is 1. The summed E-state index contributed by atoms with van der Waals surface area (Å²) in [6.45, 7) is 4.85. The highest BCUT2D eigenvalue weighted by Gasteiger charge is 2.08. The summed E-state index contributed by atoms with van der Waals surface area (Å²) < 4.78 is 1.18. The monoisotopic (exact) mass is 339 g/mol. The maximum atomic E-state index is 4.22. The van der Waals surface area contributed by atoms with Crippen LogP contribution in [0.5, 0.6) is 0 Å². The summed E-state index contributed by atoms with van der Waals surface area (Å²) in [5, 5.41) is 5.54. The minimum absolute atomic E-state index is 0.858. The van der Waals surface area contributed by atoms with Gasteiger partial charge in [0.05, 0.1) is 3.79 Å². The predicted molar refractivity (Wildman–Crippen MR) is 85.7 cm³/mol. The van der Waals surface area contributed by atoms with Crippen LogP contribution in [0.25, 0.3) is 0 Å². The van der Waals surface area contributed by atoms with Crippen molar-refractivity contribution >= 4 is 33.0 Å². The van der Waals surface area contributed by atoms with Gasteiger partial charge in [-0.05, 0) is 45.6 Å². The third-order valence-electron chi connectivity index (χ3n) is 2.90. The molecule has 2 aromatic rings. The Morgan fingerprint density at radius 1 is 1.47 bits per heavy atom. The molecule has 1 N–H and O–H groups in total. The van der Waals surface area contributed by atoms with Gasteiger partial charge in [0.2, 0.25) is 0 Å². The van der Waals surface area contributed by atoms with Crippen LogP contribution in [0.1, 0.15) is 18.1 Å². The van der Waals surface area contributed by atoms with E-state index in [0.717, 1.165) is 19.6 Å². The first-order valence-electron chi connectivity index (χ1n) is 6.28. The predicted octanol–water partition coefficient (Wildman–Crippen LogP) is 3.65. The van der Waals surface area contributed by atoms with Crippen LogP contribution in [-0.2, 0) is 13.1 Å². The third kappa shape index (κ3) is 4.03. The molecule has 2 rings (SSSR count). The molecule has 0 amide bonds. The number of hydrogen-bond acceptors (Lipinski definition) is 4. The largest absolute Gasteiger partial charge is 0.370 e. The molecular formula is C14H18BrN3S. The molecule has 0 aliphatic carbocycles. The summed E-state index contributed by atoms with van der Waals surface area (Å²) in [4.78, 5) is 6.49. The lowest BCUT2D eigenvalue weighted by molar-refractivity contribution is 0.720. The number of anilines is 1. The molecule has 0 bridgehead atoms. The number of nitrogens with zero attached hydrogens (tertiary/aromatic N) is 2. The normalized spacial score (nSPS) is 10.7. The first kappa shape index (κ1) is 14.5. The van der Waals surface area contributed by atoms with Gasteiger partial charge >= 0.3 is 0 Å². The van der Waals surface area contributed by atoms with Gasteiger partial charge in [0.15, 0.2) is 0 Å². The average Bonchev–Trinajstić information content (AvgIpc) is 2.82. The molecule has 0 saturated heterocycles. The van der Waals surface area contributed by atoms with E-state index in [0.29, 0.717) is 0 Å².